The smallest absolute Gasteiger partial charge is 0.341 e. The highest BCUT2D eigenvalue weighted by molar-refractivity contribution is 7.08. The summed E-state index contributed by atoms with van der Waals surface area (Å²) in [6.45, 7) is 5.96. The molecule has 1 aliphatic rings. The van der Waals surface area contributed by atoms with Gasteiger partial charge in [-0.1, -0.05) is 0 Å². The fourth-order valence-corrected chi connectivity index (χ4v) is 5.10. The fraction of sp³-hybridized carbons (Fsp3) is 0.346. The summed E-state index contributed by atoms with van der Waals surface area (Å²) >= 11 is 1.06. The van der Waals surface area contributed by atoms with Crippen molar-refractivity contribution in [2.24, 2.45) is 5.92 Å². The van der Waals surface area contributed by atoms with Crippen LogP contribution in [0.3, 0.4) is 0 Å². The molecule has 4 aromatic heterocycles. The first-order valence-electron chi connectivity index (χ1n) is 12.3. The van der Waals surface area contributed by atoms with E-state index in [4.69, 9.17) is 9.72 Å². The number of ketones is 1. The minimum absolute atomic E-state index is 0.0730. The third-order valence-electron chi connectivity index (χ3n) is 6.49. The summed E-state index contributed by atoms with van der Waals surface area (Å²) in [6, 6.07) is 5.36. The number of hydrogen-bond acceptors (Lipinski definition) is 10. The van der Waals surface area contributed by atoms with Gasteiger partial charge in [0.05, 0.1) is 11.3 Å². The third-order valence-corrected chi connectivity index (χ3v) is 7.21. The molecule has 196 valence electrons. The van der Waals surface area contributed by atoms with Crippen molar-refractivity contribution in [3.63, 3.8) is 0 Å². The molecule has 1 saturated heterocycles. The number of nitrogens with zero attached hydrogens (tertiary/aromatic N) is 6. The number of aromatic carboxylic acids is 1. The predicted molar refractivity (Wildman–Crippen MR) is 142 cm³/mol. The van der Waals surface area contributed by atoms with Gasteiger partial charge in [-0.15, -0.1) is 0 Å². The van der Waals surface area contributed by atoms with Crippen LogP contribution in [0.25, 0.3) is 27.6 Å². The van der Waals surface area contributed by atoms with Gasteiger partial charge in [0.25, 0.3) is 0 Å². The minimum atomic E-state index is -1.33. The Balaban J connectivity index is 1.49. The predicted octanol–water partition coefficient (Wildman–Crippen LogP) is 3.13. The maximum Gasteiger partial charge on any atom is 0.341 e. The number of carboxylic acids is 1. The number of anilines is 1. The summed E-state index contributed by atoms with van der Waals surface area (Å²) in [5.41, 5.74) is 0.602. The van der Waals surface area contributed by atoms with Gasteiger partial charge in [-0.25, -0.2) is 9.78 Å². The molecule has 0 spiro atoms. The maximum atomic E-state index is 13.1. The van der Waals surface area contributed by atoms with E-state index in [9.17, 15) is 19.5 Å². The van der Waals surface area contributed by atoms with Crippen molar-refractivity contribution in [2.75, 3.05) is 31.2 Å². The molecule has 0 bridgehead atoms. The lowest BCUT2D eigenvalue weighted by molar-refractivity contribution is -0.123. The summed E-state index contributed by atoms with van der Waals surface area (Å²) in [4.78, 5) is 52.9. The van der Waals surface area contributed by atoms with E-state index >= 15 is 0 Å². The first kappa shape index (κ1) is 25.6. The van der Waals surface area contributed by atoms with E-state index in [1.807, 2.05) is 17.9 Å². The number of rotatable bonds is 10. The molecule has 5 rings (SSSR count). The van der Waals surface area contributed by atoms with Gasteiger partial charge in [0, 0.05) is 68.4 Å². The molecule has 0 saturated carbocycles. The van der Waals surface area contributed by atoms with Gasteiger partial charge in [0.1, 0.15) is 17.2 Å². The molecule has 0 radical (unpaired) electrons. The van der Waals surface area contributed by atoms with Crippen molar-refractivity contribution in [1.82, 2.24) is 23.9 Å². The van der Waals surface area contributed by atoms with Gasteiger partial charge < -0.3 is 14.7 Å². The van der Waals surface area contributed by atoms with E-state index < -0.39 is 11.4 Å². The summed E-state index contributed by atoms with van der Waals surface area (Å²) in [5, 5.41) is 10.3. The van der Waals surface area contributed by atoms with Crippen molar-refractivity contribution in [2.45, 2.75) is 26.7 Å². The number of aryl methyl sites for hydroxylation is 1. The number of pyridine rings is 3. The average molecular weight is 535 g/mol. The van der Waals surface area contributed by atoms with Crippen molar-refractivity contribution in [1.29, 1.82) is 0 Å². The first-order valence-corrected chi connectivity index (χ1v) is 13.0. The average Bonchev–Trinajstić information content (AvgIpc) is 3.36. The van der Waals surface area contributed by atoms with E-state index in [2.05, 4.69) is 14.3 Å². The number of ether oxygens (including phenoxy) is 1. The van der Waals surface area contributed by atoms with Crippen LogP contribution in [0.1, 0.15) is 35.7 Å². The Morgan fingerprint density at radius 2 is 2.08 bits per heavy atom. The second-order valence-electron chi connectivity index (χ2n) is 9.05. The normalized spacial score (nSPS) is 13.6. The van der Waals surface area contributed by atoms with Gasteiger partial charge in [0.2, 0.25) is 10.6 Å². The fourth-order valence-electron chi connectivity index (χ4n) is 4.43. The van der Waals surface area contributed by atoms with Crippen LogP contribution in [-0.4, -0.2) is 67.1 Å². The number of carbonyl (C=O) groups excluding carboxylic acids is 1. The molecule has 1 N–H and O–H groups in total. The van der Waals surface area contributed by atoms with E-state index in [-0.39, 0.29) is 28.3 Å². The summed E-state index contributed by atoms with van der Waals surface area (Å²) < 4.78 is 11.2. The Kier molecular flexibility index (Phi) is 7.25. The van der Waals surface area contributed by atoms with Gasteiger partial charge in [0.15, 0.2) is 11.5 Å². The molecular weight excluding hydrogens is 508 g/mol. The number of Topliss-reactive ketones (excluding diaryl/α,β-unsaturated/α-hetero) is 1. The van der Waals surface area contributed by atoms with Crippen LogP contribution in [0.2, 0.25) is 0 Å². The highest BCUT2D eigenvalue weighted by Gasteiger charge is 2.33. The largest absolute Gasteiger partial charge is 0.477 e. The van der Waals surface area contributed by atoms with Crippen LogP contribution in [0, 0.1) is 12.8 Å². The van der Waals surface area contributed by atoms with Crippen LogP contribution in [0.15, 0.2) is 41.6 Å². The van der Waals surface area contributed by atoms with Crippen molar-refractivity contribution in [3.05, 3.63) is 58.1 Å². The van der Waals surface area contributed by atoms with Crippen LogP contribution >= 0.6 is 11.5 Å². The molecule has 5 heterocycles. The Bertz CT molecular complexity index is 1560. The molecule has 1 fully saturated rings. The van der Waals surface area contributed by atoms with Crippen LogP contribution in [-0.2, 0) is 9.53 Å². The van der Waals surface area contributed by atoms with Gasteiger partial charge in [-0.2, -0.15) is 9.36 Å². The minimum Gasteiger partial charge on any atom is -0.477 e. The molecule has 4 aromatic rings. The zero-order valence-corrected chi connectivity index (χ0v) is 21.8. The molecule has 38 heavy (non-hydrogen) atoms. The van der Waals surface area contributed by atoms with Gasteiger partial charge in [-0.3, -0.25) is 19.1 Å². The summed E-state index contributed by atoms with van der Waals surface area (Å²) in [7, 11) is 0. The lowest BCUT2D eigenvalue weighted by atomic mass is 9.92. The van der Waals surface area contributed by atoms with E-state index in [1.54, 1.807) is 31.5 Å². The Labute approximate surface area is 221 Å². The van der Waals surface area contributed by atoms with Gasteiger partial charge >= 0.3 is 5.97 Å². The SMILES string of the molecule is CCOCCCC(=O)C1CN(c2cc(C)c3c(=O)c(C(=O)O)cn(-c4nc(-c5cccnc5)ns4)c3n2)C1. The molecule has 0 aliphatic carbocycles. The number of hydrogen-bond donors (Lipinski definition) is 1. The van der Waals surface area contributed by atoms with Crippen molar-refractivity contribution in [3.8, 4) is 16.5 Å². The van der Waals surface area contributed by atoms with Crippen LogP contribution < -0.4 is 10.3 Å². The van der Waals surface area contributed by atoms with Crippen molar-refractivity contribution < 1.29 is 19.4 Å². The molecule has 0 amide bonds. The second-order valence-corrected chi connectivity index (χ2v) is 9.78. The topological polar surface area (TPSA) is 140 Å². The number of fused-ring (bicyclic) bond motifs is 1. The standard InChI is InChI=1S/C26H26N6O5S/c1-3-37-9-5-7-19(33)17-12-31(13-17)20-10-15(2)21-22(34)18(25(35)36)14-32(24(21)28-20)26-29-23(30-38-26)16-6-4-8-27-11-16/h4,6,8,10-11,14,17H,3,5,7,9,12-13H2,1-2H3,(H,35,36). The molecule has 11 nitrogen and oxygen atoms in total. The number of carbonyl (C=O) groups is 2. The van der Waals surface area contributed by atoms with E-state index in [1.165, 1.54) is 10.8 Å². The monoisotopic (exact) mass is 534 g/mol. The highest BCUT2D eigenvalue weighted by atomic mass is 32.1. The van der Waals surface area contributed by atoms with Crippen LogP contribution in [0.5, 0.6) is 0 Å². The lowest BCUT2D eigenvalue weighted by Gasteiger charge is -2.39. The number of carboxylic acid groups (broad SMARTS) is 1. The Morgan fingerprint density at radius 3 is 2.79 bits per heavy atom. The molecular formula is C26H26N6O5S. The third kappa shape index (κ3) is 4.92. The maximum absolute atomic E-state index is 13.1. The molecule has 0 atom stereocenters. The molecule has 0 aromatic carbocycles. The Hall–Kier alpha value is -4.03. The zero-order chi connectivity index (χ0) is 26.8. The quantitative estimate of drug-likeness (QED) is 0.302. The van der Waals surface area contributed by atoms with Crippen molar-refractivity contribution >= 4 is 40.1 Å². The molecule has 0 unspecified atom stereocenters. The Morgan fingerprint density at radius 1 is 1.26 bits per heavy atom. The second kappa shape index (κ2) is 10.8. The summed E-state index contributed by atoms with van der Waals surface area (Å²) in [5.74, 6) is -0.154. The highest BCUT2D eigenvalue weighted by Crippen LogP contribution is 2.30. The lowest BCUT2D eigenvalue weighted by Crippen LogP contribution is -2.51. The molecule has 1 aliphatic heterocycles. The number of aromatic nitrogens is 5. The summed E-state index contributed by atoms with van der Waals surface area (Å²) in [6.07, 6.45) is 5.72. The first-order chi connectivity index (χ1) is 18.4. The van der Waals surface area contributed by atoms with Crippen LogP contribution in [0.4, 0.5) is 5.82 Å². The molecule has 12 heteroatoms. The van der Waals surface area contributed by atoms with E-state index in [0.29, 0.717) is 67.0 Å². The van der Waals surface area contributed by atoms with E-state index in [0.717, 1.165) is 11.5 Å². The van der Waals surface area contributed by atoms with Gasteiger partial charge in [-0.05, 0) is 44.0 Å². The zero-order valence-electron chi connectivity index (χ0n) is 21.0.